The number of aromatic nitrogens is 2. The number of ether oxygens (including phenoxy) is 1. The molecule has 0 radical (unpaired) electrons. The summed E-state index contributed by atoms with van der Waals surface area (Å²) >= 11 is 0. The molecule has 4 rings (SSSR count). The highest BCUT2D eigenvalue weighted by molar-refractivity contribution is 6.11. The molecule has 0 bridgehead atoms. The third-order valence-corrected chi connectivity index (χ3v) is 4.61. The molecule has 2 aromatic heterocycles. The summed E-state index contributed by atoms with van der Waals surface area (Å²) < 4.78 is 5.40. The highest BCUT2D eigenvalue weighted by Crippen LogP contribution is 2.24. The molecule has 6 heteroatoms. The molecule has 0 atom stereocenters. The van der Waals surface area contributed by atoms with Crippen LogP contribution in [0.3, 0.4) is 0 Å². The standard InChI is InChI=1S/C22H21N3O3/c1-25(2)10-9-21(26)28-16-7-8-18-15(11-16)13-20(24-18)22(27)19-12-14-5-3-4-6-17(14)23-19/h3-8,11-13,23-24H,9-10H2,1-2H3. The number of esters is 1. The van der Waals surface area contributed by atoms with Gasteiger partial charge in [-0.3, -0.25) is 9.59 Å². The molecule has 6 nitrogen and oxygen atoms in total. The molecule has 0 aliphatic rings. The first-order valence-electron chi connectivity index (χ1n) is 9.10. The summed E-state index contributed by atoms with van der Waals surface area (Å²) in [5.74, 6) is 0.0785. The van der Waals surface area contributed by atoms with Crippen molar-refractivity contribution in [2.75, 3.05) is 20.6 Å². The van der Waals surface area contributed by atoms with Gasteiger partial charge in [-0.15, -0.1) is 0 Å². The monoisotopic (exact) mass is 375 g/mol. The number of benzene rings is 2. The fourth-order valence-electron chi connectivity index (χ4n) is 3.13. The van der Waals surface area contributed by atoms with Crippen LogP contribution in [0.5, 0.6) is 5.75 Å². The second kappa shape index (κ2) is 7.32. The number of carbonyl (C=O) groups excluding carboxylic acids is 2. The second-order valence-corrected chi connectivity index (χ2v) is 7.06. The van der Waals surface area contributed by atoms with Crippen LogP contribution in [-0.4, -0.2) is 47.3 Å². The van der Waals surface area contributed by atoms with Gasteiger partial charge in [0, 0.05) is 28.4 Å². The Morgan fingerprint density at radius 1 is 0.893 bits per heavy atom. The SMILES string of the molecule is CN(C)CCC(=O)Oc1ccc2[nH]c(C(=O)c3cc4ccccc4[nH]3)cc2c1. The lowest BCUT2D eigenvalue weighted by Crippen LogP contribution is -2.19. The maximum absolute atomic E-state index is 12.8. The average Bonchev–Trinajstić information content (AvgIpc) is 3.29. The molecule has 0 saturated carbocycles. The Balaban J connectivity index is 1.55. The first-order chi connectivity index (χ1) is 13.5. The molecule has 0 fully saturated rings. The maximum atomic E-state index is 12.8. The van der Waals surface area contributed by atoms with E-state index in [-0.39, 0.29) is 11.8 Å². The summed E-state index contributed by atoms with van der Waals surface area (Å²) in [5, 5.41) is 1.81. The number of nitrogens with zero attached hydrogens (tertiary/aromatic N) is 1. The van der Waals surface area contributed by atoms with Crippen molar-refractivity contribution in [2.24, 2.45) is 0 Å². The topological polar surface area (TPSA) is 78.2 Å². The summed E-state index contributed by atoms with van der Waals surface area (Å²) in [7, 11) is 3.82. The van der Waals surface area contributed by atoms with Gasteiger partial charge in [-0.1, -0.05) is 18.2 Å². The van der Waals surface area contributed by atoms with Crippen molar-refractivity contribution in [3.63, 3.8) is 0 Å². The largest absolute Gasteiger partial charge is 0.426 e. The lowest BCUT2D eigenvalue weighted by atomic mass is 10.2. The summed E-state index contributed by atoms with van der Waals surface area (Å²) in [6, 6.07) is 16.7. The van der Waals surface area contributed by atoms with Crippen molar-refractivity contribution in [1.82, 2.24) is 14.9 Å². The van der Waals surface area contributed by atoms with Crippen LogP contribution in [-0.2, 0) is 4.79 Å². The van der Waals surface area contributed by atoms with Crippen molar-refractivity contribution in [2.45, 2.75) is 6.42 Å². The number of hydrogen-bond donors (Lipinski definition) is 2. The zero-order valence-electron chi connectivity index (χ0n) is 15.8. The van der Waals surface area contributed by atoms with Crippen LogP contribution in [0, 0.1) is 0 Å². The van der Waals surface area contributed by atoms with E-state index in [9.17, 15) is 9.59 Å². The van der Waals surface area contributed by atoms with Gasteiger partial charge in [0.05, 0.1) is 17.8 Å². The minimum atomic E-state index is -0.280. The van der Waals surface area contributed by atoms with Crippen molar-refractivity contribution in [3.05, 3.63) is 66.0 Å². The van der Waals surface area contributed by atoms with E-state index >= 15 is 0 Å². The van der Waals surface area contributed by atoms with Gasteiger partial charge in [-0.05, 0) is 50.5 Å². The first kappa shape index (κ1) is 18.0. The van der Waals surface area contributed by atoms with Crippen LogP contribution in [0.4, 0.5) is 0 Å². The number of para-hydroxylation sites is 1. The molecular formula is C22H21N3O3. The van der Waals surface area contributed by atoms with E-state index in [4.69, 9.17) is 4.74 Å². The molecule has 28 heavy (non-hydrogen) atoms. The highest BCUT2D eigenvalue weighted by atomic mass is 16.5. The number of aromatic amines is 2. The van der Waals surface area contributed by atoms with E-state index in [0.717, 1.165) is 21.8 Å². The maximum Gasteiger partial charge on any atom is 0.312 e. The molecule has 0 saturated heterocycles. The summed E-state index contributed by atoms with van der Waals surface area (Å²) in [4.78, 5) is 33.0. The quantitative estimate of drug-likeness (QED) is 0.306. The lowest BCUT2D eigenvalue weighted by molar-refractivity contribution is -0.134. The summed E-state index contributed by atoms with van der Waals surface area (Å²) in [6.45, 7) is 0.633. The number of ketones is 1. The van der Waals surface area contributed by atoms with Crippen molar-refractivity contribution < 1.29 is 14.3 Å². The van der Waals surface area contributed by atoms with E-state index in [1.807, 2.05) is 55.4 Å². The van der Waals surface area contributed by atoms with Gasteiger partial charge < -0.3 is 19.6 Å². The average molecular weight is 375 g/mol. The Hall–Kier alpha value is -3.38. The molecule has 0 amide bonds. The van der Waals surface area contributed by atoms with Crippen LogP contribution in [0.25, 0.3) is 21.8 Å². The van der Waals surface area contributed by atoms with E-state index < -0.39 is 0 Å². The Morgan fingerprint density at radius 2 is 1.57 bits per heavy atom. The van der Waals surface area contributed by atoms with Gasteiger partial charge in [0.25, 0.3) is 0 Å². The zero-order valence-corrected chi connectivity index (χ0v) is 15.8. The fraction of sp³-hybridized carbons (Fsp3) is 0.182. The predicted molar refractivity (Wildman–Crippen MR) is 109 cm³/mol. The van der Waals surface area contributed by atoms with Crippen molar-refractivity contribution >= 4 is 33.6 Å². The minimum Gasteiger partial charge on any atom is -0.426 e. The molecule has 0 aliphatic carbocycles. The molecule has 2 aromatic carbocycles. The van der Waals surface area contributed by atoms with E-state index in [2.05, 4.69) is 9.97 Å². The Morgan fingerprint density at radius 3 is 2.29 bits per heavy atom. The van der Waals surface area contributed by atoms with E-state index in [0.29, 0.717) is 30.1 Å². The molecule has 0 aliphatic heterocycles. The number of H-pyrrole nitrogens is 2. The van der Waals surface area contributed by atoms with Gasteiger partial charge in [0.1, 0.15) is 5.75 Å². The molecule has 142 valence electrons. The van der Waals surface area contributed by atoms with Gasteiger partial charge >= 0.3 is 5.97 Å². The Kier molecular flexibility index (Phi) is 4.71. The normalized spacial score (nSPS) is 11.4. The van der Waals surface area contributed by atoms with Crippen LogP contribution >= 0.6 is 0 Å². The number of rotatable bonds is 6. The summed E-state index contributed by atoms with van der Waals surface area (Å²) in [6.07, 6.45) is 0.322. The first-order valence-corrected chi connectivity index (χ1v) is 9.10. The van der Waals surface area contributed by atoms with E-state index in [1.165, 1.54) is 0 Å². The molecule has 0 spiro atoms. The number of hydrogen-bond acceptors (Lipinski definition) is 4. The molecule has 2 N–H and O–H groups in total. The predicted octanol–water partition coefficient (Wildman–Crippen LogP) is 3.74. The molecule has 2 heterocycles. The third kappa shape index (κ3) is 3.68. The van der Waals surface area contributed by atoms with Crippen LogP contribution in [0.1, 0.15) is 22.6 Å². The summed E-state index contributed by atoms with van der Waals surface area (Å²) in [5.41, 5.74) is 2.75. The van der Waals surface area contributed by atoms with Gasteiger partial charge in [-0.2, -0.15) is 0 Å². The Labute approximate surface area is 162 Å². The van der Waals surface area contributed by atoms with Crippen molar-refractivity contribution in [3.8, 4) is 5.75 Å². The van der Waals surface area contributed by atoms with Gasteiger partial charge in [-0.25, -0.2) is 0 Å². The Bertz CT molecular complexity index is 1140. The van der Waals surface area contributed by atoms with Gasteiger partial charge in [0.15, 0.2) is 0 Å². The van der Waals surface area contributed by atoms with Gasteiger partial charge in [0.2, 0.25) is 5.78 Å². The smallest absolute Gasteiger partial charge is 0.312 e. The second-order valence-electron chi connectivity index (χ2n) is 7.06. The third-order valence-electron chi connectivity index (χ3n) is 4.61. The van der Waals surface area contributed by atoms with Crippen LogP contribution in [0.2, 0.25) is 0 Å². The molecular weight excluding hydrogens is 354 g/mol. The minimum absolute atomic E-state index is 0.114. The van der Waals surface area contributed by atoms with Crippen LogP contribution in [0.15, 0.2) is 54.6 Å². The zero-order chi connectivity index (χ0) is 19.7. The van der Waals surface area contributed by atoms with E-state index in [1.54, 1.807) is 18.2 Å². The number of carbonyl (C=O) groups is 2. The molecule has 4 aromatic rings. The highest BCUT2D eigenvalue weighted by Gasteiger charge is 2.15. The van der Waals surface area contributed by atoms with Crippen molar-refractivity contribution in [1.29, 1.82) is 0 Å². The lowest BCUT2D eigenvalue weighted by Gasteiger charge is -2.08. The fourth-order valence-corrected chi connectivity index (χ4v) is 3.13. The number of nitrogens with one attached hydrogen (secondary N) is 2. The molecule has 0 unspecified atom stereocenters. The number of fused-ring (bicyclic) bond motifs is 2. The van der Waals surface area contributed by atoms with Crippen LogP contribution < -0.4 is 4.74 Å².